The number of nitrogens with one attached hydrogen (secondary N) is 1. The minimum absolute atomic E-state index is 0.0588. The zero-order valence-corrected chi connectivity index (χ0v) is 13.7. The molecule has 1 fully saturated rings. The van der Waals surface area contributed by atoms with Crippen molar-refractivity contribution in [2.75, 3.05) is 13.2 Å². The van der Waals surface area contributed by atoms with Crippen LogP contribution in [0.4, 0.5) is 0 Å². The van der Waals surface area contributed by atoms with Crippen LogP contribution >= 0.6 is 0 Å². The van der Waals surface area contributed by atoms with Gasteiger partial charge >= 0.3 is 0 Å². The van der Waals surface area contributed by atoms with Crippen LogP contribution in [-0.4, -0.2) is 31.1 Å². The predicted octanol–water partition coefficient (Wildman–Crippen LogP) is 2.42. The molecule has 7 heteroatoms. The Morgan fingerprint density at radius 1 is 1.32 bits per heavy atom. The highest BCUT2D eigenvalue weighted by Crippen LogP contribution is 2.25. The Morgan fingerprint density at radius 3 is 2.84 bits per heavy atom. The first-order valence-corrected chi connectivity index (χ1v) is 7.79. The van der Waals surface area contributed by atoms with Gasteiger partial charge in [0.05, 0.1) is 37.5 Å². The molecule has 0 aliphatic carbocycles. The second kappa shape index (κ2) is 7.30. The first-order chi connectivity index (χ1) is 12.1. The average Bonchev–Trinajstić information content (AvgIpc) is 3.24. The lowest BCUT2D eigenvalue weighted by atomic mass is 10.1. The number of hydrogen-bond acceptors (Lipinski definition) is 6. The molecule has 128 valence electrons. The molecule has 2 heterocycles. The normalized spacial score (nSPS) is 16.0. The molecule has 0 unspecified atom stereocenters. The van der Waals surface area contributed by atoms with Crippen molar-refractivity contribution in [1.82, 2.24) is 5.43 Å². The largest absolute Gasteiger partial charge is 0.455 e. The second-order valence-electron chi connectivity index (χ2n) is 5.66. The number of nitriles is 1. The summed E-state index contributed by atoms with van der Waals surface area (Å²) in [6.45, 7) is 2.67. The van der Waals surface area contributed by atoms with E-state index in [1.54, 1.807) is 31.2 Å². The Morgan fingerprint density at radius 2 is 2.08 bits per heavy atom. The number of rotatable bonds is 5. The molecule has 0 spiro atoms. The third-order valence-electron chi connectivity index (χ3n) is 3.70. The molecule has 1 aliphatic rings. The highest BCUT2D eigenvalue weighted by atomic mass is 16.7. The summed E-state index contributed by atoms with van der Waals surface area (Å²) in [5, 5.41) is 13.0. The highest BCUT2D eigenvalue weighted by Gasteiger charge is 2.33. The first kappa shape index (κ1) is 16.9. The minimum atomic E-state index is -0.890. The number of hydrazone groups is 1. The van der Waals surface area contributed by atoms with Crippen LogP contribution in [0.1, 0.15) is 24.7 Å². The number of ether oxygens (including phenoxy) is 2. The summed E-state index contributed by atoms with van der Waals surface area (Å²) in [5.74, 6) is -0.187. The van der Waals surface area contributed by atoms with E-state index in [4.69, 9.17) is 19.2 Å². The lowest BCUT2D eigenvalue weighted by Crippen LogP contribution is -2.33. The van der Waals surface area contributed by atoms with Crippen molar-refractivity contribution in [2.24, 2.45) is 5.10 Å². The molecule has 25 heavy (non-hydrogen) atoms. The lowest BCUT2D eigenvalue weighted by molar-refractivity contribution is -0.159. The van der Waals surface area contributed by atoms with Gasteiger partial charge in [0, 0.05) is 5.56 Å². The van der Waals surface area contributed by atoms with E-state index in [0.717, 1.165) is 0 Å². The third kappa shape index (κ3) is 4.12. The van der Waals surface area contributed by atoms with Gasteiger partial charge < -0.3 is 13.9 Å². The number of amides is 1. The predicted molar refractivity (Wildman–Crippen MR) is 89.5 cm³/mol. The minimum Gasteiger partial charge on any atom is -0.455 e. The molecule has 1 aliphatic heterocycles. The van der Waals surface area contributed by atoms with Crippen LogP contribution in [0, 0.1) is 11.3 Å². The molecular formula is C18H17N3O4. The Balaban J connectivity index is 1.60. The quantitative estimate of drug-likeness (QED) is 0.666. The van der Waals surface area contributed by atoms with E-state index in [2.05, 4.69) is 16.6 Å². The van der Waals surface area contributed by atoms with Gasteiger partial charge in [-0.25, -0.2) is 5.43 Å². The maximum absolute atomic E-state index is 11.9. The maximum atomic E-state index is 11.9. The van der Waals surface area contributed by atoms with E-state index in [-0.39, 0.29) is 12.3 Å². The molecule has 1 saturated heterocycles. The zero-order chi connectivity index (χ0) is 17.7. The van der Waals surface area contributed by atoms with Gasteiger partial charge in [0.25, 0.3) is 0 Å². The van der Waals surface area contributed by atoms with E-state index in [0.29, 0.717) is 35.9 Å². The number of benzene rings is 1. The van der Waals surface area contributed by atoms with Gasteiger partial charge in [0.15, 0.2) is 5.79 Å². The summed E-state index contributed by atoms with van der Waals surface area (Å²) < 4.78 is 16.4. The van der Waals surface area contributed by atoms with Gasteiger partial charge in [0.1, 0.15) is 11.5 Å². The van der Waals surface area contributed by atoms with Crippen molar-refractivity contribution in [2.45, 2.75) is 19.1 Å². The van der Waals surface area contributed by atoms with Crippen LogP contribution in [0.2, 0.25) is 0 Å². The Kier molecular flexibility index (Phi) is 4.93. The Bertz CT molecular complexity index is 829. The number of carbonyl (C=O) groups excluding carboxylic acids is 1. The molecule has 1 aromatic heterocycles. The number of carbonyl (C=O) groups is 1. The van der Waals surface area contributed by atoms with Crippen LogP contribution in [0.5, 0.6) is 0 Å². The molecule has 7 nitrogen and oxygen atoms in total. The fourth-order valence-electron chi connectivity index (χ4n) is 2.52. The van der Waals surface area contributed by atoms with Crippen molar-refractivity contribution >= 4 is 12.1 Å². The molecule has 0 bridgehead atoms. The molecular weight excluding hydrogens is 322 g/mol. The topological polar surface area (TPSA) is 96.9 Å². The second-order valence-corrected chi connectivity index (χ2v) is 5.66. The molecule has 1 aromatic carbocycles. The SMILES string of the molecule is CC1(CC(=O)NN=Cc2ccc(-c3ccccc3C#N)o2)OCCO1. The molecule has 1 N–H and O–H groups in total. The van der Waals surface area contributed by atoms with Crippen LogP contribution in [0.3, 0.4) is 0 Å². The standard InChI is InChI=1S/C18H17N3O4/c1-18(23-8-9-24-18)10-17(22)21-20-12-14-6-7-16(25-14)15-5-3-2-4-13(15)11-19/h2-7,12H,8-10H2,1H3,(H,21,22). The fraction of sp³-hybridized carbons (Fsp3) is 0.278. The molecule has 0 saturated carbocycles. The lowest BCUT2D eigenvalue weighted by Gasteiger charge is -2.20. The summed E-state index contributed by atoms with van der Waals surface area (Å²) in [4.78, 5) is 11.9. The molecule has 1 amide bonds. The van der Waals surface area contributed by atoms with Crippen LogP contribution in [0.25, 0.3) is 11.3 Å². The van der Waals surface area contributed by atoms with Gasteiger partial charge in [-0.3, -0.25) is 4.79 Å². The summed E-state index contributed by atoms with van der Waals surface area (Å²) in [6.07, 6.45) is 1.46. The smallest absolute Gasteiger partial charge is 0.245 e. The highest BCUT2D eigenvalue weighted by molar-refractivity contribution is 5.81. The van der Waals surface area contributed by atoms with Crippen LogP contribution < -0.4 is 5.43 Å². The van der Waals surface area contributed by atoms with Gasteiger partial charge in [-0.1, -0.05) is 12.1 Å². The van der Waals surface area contributed by atoms with E-state index in [1.807, 2.05) is 12.1 Å². The molecule has 3 rings (SSSR count). The fourth-order valence-corrected chi connectivity index (χ4v) is 2.52. The Hall–Kier alpha value is -2.95. The van der Waals surface area contributed by atoms with E-state index in [1.165, 1.54) is 6.21 Å². The zero-order valence-electron chi connectivity index (χ0n) is 13.7. The van der Waals surface area contributed by atoms with Crippen molar-refractivity contribution in [3.8, 4) is 17.4 Å². The maximum Gasteiger partial charge on any atom is 0.245 e. The van der Waals surface area contributed by atoms with Crippen molar-refractivity contribution in [3.05, 3.63) is 47.7 Å². The Labute approximate surface area is 144 Å². The monoisotopic (exact) mass is 339 g/mol. The molecule has 0 atom stereocenters. The number of furan rings is 1. The summed E-state index contributed by atoms with van der Waals surface area (Å²) >= 11 is 0. The van der Waals surface area contributed by atoms with Gasteiger partial charge in [0.2, 0.25) is 5.91 Å². The van der Waals surface area contributed by atoms with Crippen LogP contribution in [-0.2, 0) is 14.3 Å². The van der Waals surface area contributed by atoms with E-state index < -0.39 is 5.79 Å². The van der Waals surface area contributed by atoms with Crippen molar-refractivity contribution in [1.29, 1.82) is 5.26 Å². The summed E-state index contributed by atoms with van der Waals surface area (Å²) in [6, 6.07) is 12.7. The van der Waals surface area contributed by atoms with Crippen molar-refractivity contribution in [3.63, 3.8) is 0 Å². The average molecular weight is 339 g/mol. The van der Waals surface area contributed by atoms with E-state index in [9.17, 15) is 4.79 Å². The summed E-state index contributed by atoms with van der Waals surface area (Å²) in [5.41, 5.74) is 3.65. The van der Waals surface area contributed by atoms with Crippen molar-refractivity contribution < 1.29 is 18.7 Å². The first-order valence-electron chi connectivity index (χ1n) is 7.79. The summed E-state index contributed by atoms with van der Waals surface area (Å²) in [7, 11) is 0. The molecule has 0 radical (unpaired) electrons. The van der Waals surface area contributed by atoms with Gasteiger partial charge in [-0.05, 0) is 31.2 Å². The van der Waals surface area contributed by atoms with E-state index >= 15 is 0 Å². The number of nitrogens with zero attached hydrogens (tertiary/aromatic N) is 2. The van der Waals surface area contributed by atoms with Gasteiger partial charge in [-0.2, -0.15) is 10.4 Å². The third-order valence-corrected chi connectivity index (χ3v) is 3.70. The number of hydrogen-bond donors (Lipinski definition) is 1. The van der Waals surface area contributed by atoms with Crippen LogP contribution in [0.15, 0.2) is 45.9 Å². The van der Waals surface area contributed by atoms with Gasteiger partial charge in [-0.15, -0.1) is 0 Å². The molecule has 2 aromatic rings.